The molecule has 2 aromatic heterocycles. The summed E-state index contributed by atoms with van der Waals surface area (Å²) in [6.07, 6.45) is 8.57. The molecule has 0 saturated carbocycles. The molecule has 1 aliphatic carbocycles. The molecule has 4 heteroatoms. The Hall–Kier alpha value is -3.19. The molecule has 0 amide bonds. The van der Waals surface area contributed by atoms with Gasteiger partial charge in [0.1, 0.15) is 5.76 Å². The molecular formula is C23H21N3O. The second-order valence-corrected chi connectivity index (χ2v) is 7.22. The summed E-state index contributed by atoms with van der Waals surface area (Å²) in [5.74, 6) is 2.30. The van der Waals surface area contributed by atoms with Crippen molar-refractivity contribution in [2.45, 2.75) is 26.2 Å². The fraction of sp³-hybridized carbons (Fsp3) is 0.261. The van der Waals surface area contributed by atoms with Crippen molar-refractivity contribution in [3.63, 3.8) is 0 Å². The van der Waals surface area contributed by atoms with E-state index in [0.717, 1.165) is 34.7 Å². The van der Waals surface area contributed by atoms with Crippen LogP contribution in [0.5, 0.6) is 0 Å². The summed E-state index contributed by atoms with van der Waals surface area (Å²) in [4.78, 5) is 9.00. The molecule has 0 unspecified atom stereocenters. The lowest BCUT2D eigenvalue weighted by atomic mass is 9.74. The van der Waals surface area contributed by atoms with E-state index in [4.69, 9.17) is 4.42 Å². The molecule has 0 aliphatic heterocycles. The van der Waals surface area contributed by atoms with Crippen molar-refractivity contribution in [2.75, 3.05) is 0 Å². The molecule has 4 nitrogen and oxygen atoms in total. The van der Waals surface area contributed by atoms with Crippen LogP contribution in [-0.2, 0) is 6.42 Å². The number of pyridine rings is 1. The first-order valence-corrected chi connectivity index (χ1v) is 9.23. The second kappa shape index (κ2) is 7.20. The van der Waals surface area contributed by atoms with Crippen molar-refractivity contribution in [2.24, 2.45) is 11.8 Å². The minimum atomic E-state index is 0.239. The lowest BCUT2D eigenvalue weighted by Crippen LogP contribution is -2.24. The number of nitrogens with zero attached hydrogens (tertiary/aromatic N) is 3. The summed E-state index contributed by atoms with van der Waals surface area (Å²) in [5, 5.41) is 9.28. The van der Waals surface area contributed by atoms with Crippen LogP contribution in [0.15, 0.2) is 59.5 Å². The Morgan fingerprint density at radius 3 is 2.78 bits per heavy atom. The molecule has 27 heavy (non-hydrogen) atoms. The lowest BCUT2D eigenvalue weighted by molar-refractivity contribution is 0.301. The van der Waals surface area contributed by atoms with Gasteiger partial charge >= 0.3 is 0 Å². The van der Waals surface area contributed by atoms with Gasteiger partial charge in [0.15, 0.2) is 6.39 Å². The molecule has 0 spiro atoms. The topological polar surface area (TPSA) is 62.7 Å². The third-order valence-corrected chi connectivity index (χ3v) is 5.58. The van der Waals surface area contributed by atoms with Gasteiger partial charge in [-0.3, -0.25) is 4.98 Å². The quantitative estimate of drug-likeness (QED) is 0.645. The van der Waals surface area contributed by atoms with Crippen molar-refractivity contribution in [1.82, 2.24) is 9.97 Å². The van der Waals surface area contributed by atoms with Crippen molar-refractivity contribution >= 4 is 6.08 Å². The standard InChI is InChI=1S/C23H21N3O/c1-15-11-22-23(26-14-27-22)20(16(15)2)10-9-19-8-7-18(13-25-19)21-6-4-3-5-17(21)12-24/h3-10,13-16,20H,11H2,1-2H3/t15-,16+,20-/m0/s1. The van der Waals surface area contributed by atoms with Crippen molar-refractivity contribution in [3.8, 4) is 17.2 Å². The molecule has 4 rings (SSSR count). The summed E-state index contributed by atoms with van der Waals surface area (Å²) in [7, 11) is 0. The predicted octanol–water partition coefficient (Wildman–Crippen LogP) is 5.23. The normalized spacial score (nSPS) is 21.7. The zero-order valence-corrected chi connectivity index (χ0v) is 15.5. The van der Waals surface area contributed by atoms with Crippen LogP contribution in [0.4, 0.5) is 0 Å². The van der Waals surface area contributed by atoms with Gasteiger partial charge in [0, 0.05) is 29.7 Å². The van der Waals surface area contributed by atoms with Crippen LogP contribution in [-0.4, -0.2) is 9.97 Å². The number of oxazole rings is 1. The number of benzene rings is 1. The molecule has 134 valence electrons. The van der Waals surface area contributed by atoms with Crippen molar-refractivity contribution in [3.05, 3.63) is 77.8 Å². The number of fused-ring (bicyclic) bond motifs is 1. The molecule has 0 bridgehead atoms. The highest BCUT2D eigenvalue weighted by Crippen LogP contribution is 2.39. The molecular weight excluding hydrogens is 334 g/mol. The van der Waals surface area contributed by atoms with Gasteiger partial charge in [0.2, 0.25) is 0 Å². The molecule has 0 saturated heterocycles. The van der Waals surface area contributed by atoms with Gasteiger partial charge in [0.05, 0.1) is 23.0 Å². The lowest BCUT2D eigenvalue weighted by Gasteiger charge is -2.30. The Bertz CT molecular complexity index is 1010. The highest BCUT2D eigenvalue weighted by atomic mass is 16.3. The van der Waals surface area contributed by atoms with Gasteiger partial charge in [0.25, 0.3) is 0 Å². The maximum absolute atomic E-state index is 9.28. The third-order valence-electron chi connectivity index (χ3n) is 5.58. The Morgan fingerprint density at radius 2 is 2.00 bits per heavy atom. The van der Waals surface area contributed by atoms with Crippen LogP contribution in [0.25, 0.3) is 17.2 Å². The van der Waals surface area contributed by atoms with Gasteiger partial charge < -0.3 is 4.42 Å². The van der Waals surface area contributed by atoms with E-state index in [0.29, 0.717) is 17.4 Å². The molecule has 3 aromatic rings. The number of hydrogen-bond acceptors (Lipinski definition) is 4. The Morgan fingerprint density at radius 1 is 1.15 bits per heavy atom. The molecule has 0 fully saturated rings. The zero-order valence-electron chi connectivity index (χ0n) is 15.5. The van der Waals surface area contributed by atoms with Crippen LogP contribution in [0, 0.1) is 23.2 Å². The van der Waals surface area contributed by atoms with Crippen LogP contribution < -0.4 is 0 Å². The second-order valence-electron chi connectivity index (χ2n) is 7.22. The Balaban J connectivity index is 1.58. The average Bonchev–Trinajstić information content (AvgIpc) is 3.16. The van der Waals surface area contributed by atoms with Gasteiger partial charge in [-0.15, -0.1) is 0 Å². The monoisotopic (exact) mass is 355 g/mol. The number of allylic oxidation sites excluding steroid dienone is 1. The largest absolute Gasteiger partial charge is 0.448 e. The maximum atomic E-state index is 9.28. The van der Waals surface area contributed by atoms with Crippen LogP contribution >= 0.6 is 0 Å². The van der Waals surface area contributed by atoms with E-state index in [-0.39, 0.29) is 5.92 Å². The van der Waals surface area contributed by atoms with Gasteiger partial charge in [-0.25, -0.2) is 4.98 Å². The molecule has 1 aliphatic rings. The Labute approximate surface area is 159 Å². The van der Waals surface area contributed by atoms with Crippen LogP contribution in [0.3, 0.4) is 0 Å². The minimum absolute atomic E-state index is 0.239. The van der Waals surface area contributed by atoms with Crippen LogP contribution in [0.2, 0.25) is 0 Å². The molecule has 3 atom stereocenters. The van der Waals surface area contributed by atoms with Gasteiger partial charge in [-0.05, 0) is 30.0 Å². The summed E-state index contributed by atoms with van der Waals surface area (Å²) < 4.78 is 5.56. The Kier molecular flexibility index (Phi) is 4.60. The average molecular weight is 355 g/mol. The third kappa shape index (κ3) is 3.29. The van der Waals surface area contributed by atoms with Crippen molar-refractivity contribution in [1.29, 1.82) is 5.26 Å². The maximum Gasteiger partial charge on any atom is 0.181 e. The smallest absolute Gasteiger partial charge is 0.181 e. The fourth-order valence-corrected chi connectivity index (χ4v) is 3.75. The van der Waals surface area contributed by atoms with E-state index >= 15 is 0 Å². The summed E-state index contributed by atoms with van der Waals surface area (Å²) in [6, 6.07) is 13.8. The fourth-order valence-electron chi connectivity index (χ4n) is 3.75. The van der Waals surface area contributed by atoms with Crippen LogP contribution in [0.1, 0.15) is 42.5 Å². The summed E-state index contributed by atoms with van der Waals surface area (Å²) >= 11 is 0. The number of rotatable bonds is 3. The van der Waals surface area contributed by atoms with E-state index in [1.807, 2.05) is 42.6 Å². The minimum Gasteiger partial charge on any atom is -0.448 e. The SMILES string of the molecule is C[C@H]1[C@H](C=Cc2ccc(-c3ccccc3C#N)cn2)c2ncoc2C[C@@H]1C. The molecule has 2 heterocycles. The highest BCUT2D eigenvalue weighted by molar-refractivity contribution is 5.70. The number of nitriles is 1. The van der Waals surface area contributed by atoms with E-state index in [1.54, 1.807) is 6.39 Å². The van der Waals surface area contributed by atoms with E-state index < -0.39 is 0 Å². The molecule has 0 radical (unpaired) electrons. The van der Waals surface area contributed by atoms with Gasteiger partial charge in [-0.1, -0.05) is 44.2 Å². The molecule has 1 aromatic carbocycles. The first kappa shape index (κ1) is 17.2. The first-order valence-electron chi connectivity index (χ1n) is 9.23. The zero-order chi connectivity index (χ0) is 18.8. The number of hydrogen-bond donors (Lipinski definition) is 0. The van der Waals surface area contributed by atoms with E-state index in [2.05, 4.69) is 42.0 Å². The predicted molar refractivity (Wildman–Crippen MR) is 105 cm³/mol. The van der Waals surface area contributed by atoms with E-state index in [9.17, 15) is 5.26 Å². The summed E-state index contributed by atoms with van der Waals surface area (Å²) in [6.45, 7) is 4.53. The summed E-state index contributed by atoms with van der Waals surface area (Å²) in [5.41, 5.74) is 4.46. The van der Waals surface area contributed by atoms with Crippen molar-refractivity contribution < 1.29 is 4.42 Å². The molecule has 0 N–H and O–H groups in total. The first-order chi connectivity index (χ1) is 13.2. The highest BCUT2D eigenvalue weighted by Gasteiger charge is 2.33. The van der Waals surface area contributed by atoms with Gasteiger partial charge in [-0.2, -0.15) is 5.26 Å². The van der Waals surface area contributed by atoms with E-state index in [1.165, 1.54) is 0 Å². The number of aromatic nitrogens is 2.